The van der Waals surface area contributed by atoms with E-state index in [9.17, 15) is 4.79 Å². The van der Waals surface area contributed by atoms with Gasteiger partial charge < -0.3 is 9.47 Å². The van der Waals surface area contributed by atoms with Crippen LogP contribution in [0.3, 0.4) is 0 Å². The van der Waals surface area contributed by atoms with Crippen molar-refractivity contribution in [3.05, 3.63) is 35.4 Å². The SMILES string of the molecule is CCOC(COC)c1ccc(C=O)cc1. The first-order valence-electron chi connectivity index (χ1n) is 4.97. The van der Waals surface area contributed by atoms with Crippen LogP contribution in [0.25, 0.3) is 0 Å². The summed E-state index contributed by atoms with van der Waals surface area (Å²) in [5.74, 6) is 0. The molecule has 3 heteroatoms. The average Bonchev–Trinajstić information content (AvgIpc) is 2.29. The molecule has 1 rings (SSSR count). The van der Waals surface area contributed by atoms with Crippen LogP contribution in [0.2, 0.25) is 0 Å². The predicted octanol–water partition coefficient (Wildman–Crippen LogP) is 2.22. The van der Waals surface area contributed by atoms with Gasteiger partial charge in [-0.3, -0.25) is 4.79 Å². The first-order valence-corrected chi connectivity index (χ1v) is 4.97. The lowest BCUT2D eigenvalue weighted by Crippen LogP contribution is -2.10. The van der Waals surface area contributed by atoms with E-state index in [0.29, 0.717) is 18.8 Å². The van der Waals surface area contributed by atoms with Crippen LogP contribution in [-0.2, 0) is 9.47 Å². The zero-order valence-electron chi connectivity index (χ0n) is 9.10. The van der Waals surface area contributed by atoms with Gasteiger partial charge in [-0.25, -0.2) is 0 Å². The summed E-state index contributed by atoms with van der Waals surface area (Å²) in [6.45, 7) is 3.11. The Morgan fingerprint density at radius 3 is 2.47 bits per heavy atom. The third kappa shape index (κ3) is 3.46. The van der Waals surface area contributed by atoms with Gasteiger partial charge in [-0.1, -0.05) is 24.3 Å². The van der Waals surface area contributed by atoms with Crippen LogP contribution < -0.4 is 0 Å². The predicted molar refractivity (Wildman–Crippen MR) is 58.1 cm³/mol. The van der Waals surface area contributed by atoms with Gasteiger partial charge in [0.2, 0.25) is 0 Å². The number of methoxy groups -OCH3 is 1. The zero-order chi connectivity index (χ0) is 11.1. The highest BCUT2D eigenvalue weighted by Gasteiger charge is 2.10. The van der Waals surface area contributed by atoms with E-state index < -0.39 is 0 Å². The average molecular weight is 208 g/mol. The van der Waals surface area contributed by atoms with E-state index in [2.05, 4.69) is 0 Å². The number of carbonyl (C=O) groups is 1. The van der Waals surface area contributed by atoms with Crippen molar-refractivity contribution < 1.29 is 14.3 Å². The van der Waals surface area contributed by atoms with Gasteiger partial charge in [-0.05, 0) is 12.5 Å². The van der Waals surface area contributed by atoms with Crippen molar-refractivity contribution in [3.8, 4) is 0 Å². The smallest absolute Gasteiger partial charge is 0.150 e. The summed E-state index contributed by atoms with van der Waals surface area (Å²) in [7, 11) is 1.64. The molecule has 15 heavy (non-hydrogen) atoms. The maximum Gasteiger partial charge on any atom is 0.150 e. The minimum atomic E-state index is -0.0549. The fourth-order valence-electron chi connectivity index (χ4n) is 1.38. The molecule has 0 saturated heterocycles. The van der Waals surface area contributed by atoms with Gasteiger partial charge in [-0.15, -0.1) is 0 Å². The lowest BCUT2D eigenvalue weighted by molar-refractivity contribution is 0.00279. The van der Waals surface area contributed by atoms with Gasteiger partial charge >= 0.3 is 0 Å². The van der Waals surface area contributed by atoms with Crippen LogP contribution in [-0.4, -0.2) is 26.6 Å². The molecule has 0 heterocycles. The molecule has 0 amide bonds. The van der Waals surface area contributed by atoms with Gasteiger partial charge in [0.05, 0.1) is 6.61 Å². The molecule has 0 spiro atoms. The van der Waals surface area contributed by atoms with Crippen molar-refractivity contribution in [2.45, 2.75) is 13.0 Å². The Kier molecular flexibility index (Phi) is 5.01. The fraction of sp³-hybridized carbons (Fsp3) is 0.417. The summed E-state index contributed by atoms with van der Waals surface area (Å²) < 4.78 is 10.6. The number of hydrogen-bond acceptors (Lipinski definition) is 3. The van der Waals surface area contributed by atoms with Crippen molar-refractivity contribution in [1.82, 2.24) is 0 Å². The topological polar surface area (TPSA) is 35.5 Å². The van der Waals surface area contributed by atoms with E-state index in [1.54, 1.807) is 19.2 Å². The molecule has 0 aliphatic heterocycles. The van der Waals surface area contributed by atoms with Crippen LogP contribution in [0, 0.1) is 0 Å². The monoisotopic (exact) mass is 208 g/mol. The lowest BCUT2D eigenvalue weighted by atomic mass is 10.1. The Labute approximate surface area is 90.0 Å². The highest BCUT2D eigenvalue weighted by molar-refractivity contribution is 5.74. The second-order valence-corrected chi connectivity index (χ2v) is 3.18. The molecule has 0 aliphatic rings. The molecule has 1 unspecified atom stereocenters. The van der Waals surface area contributed by atoms with Gasteiger partial charge in [0, 0.05) is 19.3 Å². The Hall–Kier alpha value is -1.19. The highest BCUT2D eigenvalue weighted by atomic mass is 16.5. The van der Waals surface area contributed by atoms with Crippen molar-refractivity contribution in [3.63, 3.8) is 0 Å². The van der Waals surface area contributed by atoms with E-state index in [4.69, 9.17) is 9.47 Å². The highest BCUT2D eigenvalue weighted by Crippen LogP contribution is 2.17. The number of rotatable bonds is 6. The van der Waals surface area contributed by atoms with E-state index in [1.807, 2.05) is 19.1 Å². The summed E-state index contributed by atoms with van der Waals surface area (Å²) in [5.41, 5.74) is 1.70. The Morgan fingerprint density at radius 2 is 2.00 bits per heavy atom. The Balaban J connectivity index is 2.76. The molecule has 0 bridgehead atoms. The third-order valence-electron chi connectivity index (χ3n) is 2.13. The number of benzene rings is 1. The Bertz CT molecular complexity index is 286. The van der Waals surface area contributed by atoms with Gasteiger partial charge in [0.1, 0.15) is 12.4 Å². The molecule has 0 N–H and O–H groups in total. The summed E-state index contributed by atoms with van der Waals surface area (Å²) in [5, 5.41) is 0. The normalized spacial score (nSPS) is 12.4. The maximum absolute atomic E-state index is 10.5. The molecular weight excluding hydrogens is 192 g/mol. The summed E-state index contributed by atoms with van der Waals surface area (Å²) >= 11 is 0. The summed E-state index contributed by atoms with van der Waals surface area (Å²) in [6, 6.07) is 7.35. The van der Waals surface area contributed by atoms with Crippen LogP contribution in [0.1, 0.15) is 28.9 Å². The van der Waals surface area contributed by atoms with E-state index >= 15 is 0 Å². The molecule has 1 aromatic carbocycles. The van der Waals surface area contributed by atoms with Crippen LogP contribution in [0.15, 0.2) is 24.3 Å². The van der Waals surface area contributed by atoms with Crippen LogP contribution in [0.5, 0.6) is 0 Å². The minimum Gasteiger partial charge on any atom is -0.382 e. The molecule has 1 aromatic rings. The molecule has 3 nitrogen and oxygen atoms in total. The van der Waals surface area contributed by atoms with Crippen molar-refractivity contribution >= 4 is 6.29 Å². The first kappa shape index (κ1) is 11.9. The molecule has 0 saturated carbocycles. The van der Waals surface area contributed by atoms with Gasteiger partial charge in [-0.2, -0.15) is 0 Å². The number of aldehydes is 1. The Morgan fingerprint density at radius 1 is 1.33 bits per heavy atom. The molecule has 0 aliphatic carbocycles. The fourth-order valence-corrected chi connectivity index (χ4v) is 1.38. The molecule has 82 valence electrons. The second-order valence-electron chi connectivity index (χ2n) is 3.18. The zero-order valence-corrected chi connectivity index (χ0v) is 9.10. The van der Waals surface area contributed by atoms with Gasteiger partial charge in [0.25, 0.3) is 0 Å². The summed E-state index contributed by atoms with van der Waals surface area (Å²) in [6.07, 6.45) is 0.774. The summed E-state index contributed by atoms with van der Waals surface area (Å²) in [4.78, 5) is 10.5. The number of ether oxygens (including phenoxy) is 2. The second kappa shape index (κ2) is 6.32. The standard InChI is InChI=1S/C12H16O3/c1-3-15-12(9-14-2)11-6-4-10(8-13)5-7-11/h4-8,12H,3,9H2,1-2H3. The molecule has 1 atom stereocenters. The molecule has 0 fully saturated rings. The van der Waals surface area contributed by atoms with Crippen molar-refractivity contribution in [2.24, 2.45) is 0 Å². The number of carbonyl (C=O) groups excluding carboxylic acids is 1. The maximum atomic E-state index is 10.5. The van der Waals surface area contributed by atoms with Crippen molar-refractivity contribution in [1.29, 1.82) is 0 Å². The van der Waals surface area contributed by atoms with Gasteiger partial charge in [0.15, 0.2) is 0 Å². The lowest BCUT2D eigenvalue weighted by Gasteiger charge is -2.16. The van der Waals surface area contributed by atoms with E-state index in [0.717, 1.165) is 11.8 Å². The third-order valence-corrected chi connectivity index (χ3v) is 2.13. The molecule has 0 radical (unpaired) electrons. The largest absolute Gasteiger partial charge is 0.382 e. The molecular formula is C12H16O3. The van der Waals surface area contributed by atoms with E-state index in [-0.39, 0.29) is 6.10 Å². The van der Waals surface area contributed by atoms with Crippen LogP contribution in [0.4, 0.5) is 0 Å². The van der Waals surface area contributed by atoms with E-state index in [1.165, 1.54) is 0 Å². The minimum absolute atomic E-state index is 0.0549. The molecule has 0 aromatic heterocycles. The van der Waals surface area contributed by atoms with Crippen molar-refractivity contribution in [2.75, 3.05) is 20.3 Å². The van der Waals surface area contributed by atoms with Crippen LogP contribution >= 0.6 is 0 Å². The quantitative estimate of drug-likeness (QED) is 0.672. The first-order chi connectivity index (χ1) is 7.31. The number of hydrogen-bond donors (Lipinski definition) is 0.